The number of ether oxygens (including phenoxy) is 2. The van der Waals surface area contributed by atoms with Crippen LogP contribution in [0.15, 0.2) is 10.9 Å². The predicted molar refractivity (Wildman–Crippen MR) is 45.1 cm³/mol. The Balaban J connectivity index is 3.32. The summed E-state index contributed by atoms with van der Waals surface area (Å²) in [5.41, 5.74) is -1.00. The number of halogens is 2. The van der Waals surface area contributed by atoms with Crippen molar-refractivity contribution in [2.24, 2.45) is 0 Å². The van der Waals surface area contributed by atoms with E-state index in [1.807, 2.05) is 0 Å². The Labute approximate surface area is 78.5 Å². The van der Waals surface area contributed by atoms with Gasteiger partial charge in [0.1, 0.15) is 0 Å². The normalized spacial score (nSPS) is 10.4. The van der Waals surface area contributed by atoms with E-state index in [1.165, 1.54) is 14.2 Å². The molecule has 0 atom stereocenters. The first-order chi connectivity index (χ1) is 6.60. The number of nitrogens with one attached hydrogen (secondary N) is 1. The lowest BCUT2D eigenvalue weighted by molar-refractivity contribution is 0.145. The topological polar surface area (TPSA) is 51.3 Å². The molecule has 0 amide bonds. The number of aromatic nitrogens is 1. The molecule has 0 bridgehead atoms. The highest BCUT2D eigenvalue weighted by atomic mass is 19.3. The number of hydrogen-bond donors (Lipinski definition) is 1. The van der Waals surface area contributed by atoms with Crippen LogP contribution < -0.4 is 15.0 Å². The molecule has 1 rings (SSSR count). The third-order valence-corrected chi connectivity index (χ3v) is 1.66. The Hall–Kier alpha value is -1.59. The fourth-order valence-electron chi connectivity index (χ4n) is 0.992. The van der Waals surface area contributed by atoms with E-state index in [1.54, 1.807) is 0 Å². The third-order valence-electron chi connectivity index (χ3n) is 1.66. The molecule has 0 saturated carbocycles. The van der Waals surface area contributed by atoms with Gasteiger partial charge in [-0.15, -0.1) is 0 Å². The van der Waals surface area contributed by atoms with Crippen molar-refractivity contribution in [3.63, 3.8) is 0 Å². The molecule has 14 heavy (non-hydrogen) atoms. The molecule has 4 nitrogen and oxygen atoms in total. The average Bonchev–Trinajstić information content (AvgIpc) is 2.16. The summed E-state index contributed by atoms with van der Waals surface area (Å²) in [5.74, 6) is -0.410. The first kappa shape index (κ1) is 10.5. The van der Waals surface area contributed by atoms with E-state index < -0.39 is 17.5 Å². The van der Waals surface area contributed by atoms with E-state index in [0.29, 0.717) is 0 Å². The highest BCUT2D eigenvalue weighted by Crippen LogP contribution is 2.27. The molecule has 0 spiro atoms. The molecule has 1 aromatic rings. The number of rotatable bonds is 3. The smallest absolute Gasteiger partial charge is 0.293 e. The molecule has 0 aliphatic rings. The average molecular weight is 205 g/mol. The standard InChI is InChI=1S/C8H9F2NO3/c1-13-5-3-4(6(9)10)8(14-2)11-7(5)12/h3,6H,1-2H3,(H,11,12). The van der Waals surface area contributed by atoms with Crippen LogP contribution in [0.3, 0.4) is 0 Å². The van der Waals surface area contributed by atoms with Gasteiger partial charge in [-0.25, -0.2) is 8.78 Å². The lowest BCUT2D eigenvalue weighted by Gasteiger charge is -2.08. The first-order valence-electron chi connectivity index (χ1n) is 3.73. The summed E-state index contributed by atoms with van der Waals surface area (Å²) in [6.45, 7) is 0. The van der Waals surface area contributed by atoms with E-state index in [2.05, 4.69) is 14.5 Å². The quantitative estimate of drug-likeness (QED) is 0.809. The summed E-state index contributed by atoms with van der Waals surface area (Å²) in [5, 5.41) is 0. The monoisotopic (exact) mass is 205 g/mol. The molecule has 78 valence electrons. The van der Waals surface area contributed by atoms with Crippen molar-refractivity contribution in [1.82, 2.24) is 4.98 Å². The van der Waals surface area contributed by atoms with Gasteiger partial charge in [0.25, 0.3) is 12.0 Å². The minimum Gasteiger partial charge on any atom is -0.491 e. The second-order valence-electron chi connectivity index (χ2n) is 2.46. The van der Waals surface area contributed by atoms with E-state index in [9.17, 15) is 13.6 Å². The number of H-pyrrole nitrogens is 1. The summed E-state index contributed by atoms with van der Waals surface area (Å²) < 4.78 is 34.0. The molecule has 0 aliphatic carbocycles. The van der Waals surface area contributed by atoms with Gasteiger partial charge in [0.15, 0.2) is 5.75 Å². The van der Waals surface area contributed by atoms with Crippen LogP contribution >= 0.6 is 0 Å². The Morgan fingerprint density at radius 1 is 1.36 bits per heavy atom. The highest BCUT2D eigenvalue weighted by molar-refractivity contribution is 5.34. The minimum atomic E-state index is -2.73. The Morgan fingerprint density at radius 3 is 2.43 bits per heavy atom. The zero-order chi connectivity index (χ0) is 10.7. The lowest BCUT2D eigenvalue weighted by atomic mass is 10.2. The summed E-state index contributed by atoms with van der Waals surface area (Å²) in [6.07, 6.45) is -2.73. The molecule has 0 unspecified atom stereocenters. The van der Waals surface area contributed by atoms with Crippen molar-refractivity contribution in [2.75, 3.05) is 14.2 Å². The SMILES string of the molecule is COc1[nH]c(=O)c(OC)cc1C(F)F. The van der Waals surface area contributed by atoms with Crippen molar-refractivity contribution in [3.05, 3.63) is 22.0 Å². The molecular weight excluding hydrogens is 196 g/mol. The maximum Gasteiger partial charge on any atom is 0.293 e. The van der Waals surface area contributed by atoms with Crippen LogP contribution in [-0.4, -0.2) is 19.2 Å². The van der Waals surface area contributed by atoms with E-state index >= 15 is 0 Å². The molecule has 0 radical (unpaired) electrons. The van der Waals surface area contributed by atoms with Crippen LogP contribution in [0.5, 0.6) is 11.6 Å². The molecule has 6 heteroatoms. The number of methoxy groups -OCH3 is 2. The number of aromatic amines is 1. The molecule has 1 aromatic heterocycles. The molecule has 0 aromatic carbocycles. The van der Waals surface area contributed by atoms with Crippen LogP contribution in [0.4, 0.5) is 8.78 Å². The summed E-state index contributed by atoms with van der Waals surface area (Å²) in [6, 6.07) is 0.961. The summed E-state index contributed by atoms with van der Waals surface area (Å²) in [4.78, 5) is 13.2. The van der Waals surface area contributed by atoms with Crippen LogP contribution in [0.2, 0.25) is 0 Å². The van der Waals surface area contributed by atoms with Crippen molar-refractivity contribution in [2.45, 2.75) is 6.43 Å². The van der Waals surface area contributed by atoms with Crippen molar-refractivity contribution in [1.29, 1.82) is 0 Å². The largest absolute Gasteiger partial charge is 0.491 e. The first-order valence-corrected chi connectivity index (χ1v) is 3.73. The van der Waals surface area contributed by atoms with E-state index in [0.717, 1.165) is 6.07 Å². The van der Waals surface area contributed by atoms with E-state index in [4.69, 9.17) is 0 Å². The number of pyridine rings is 1. The van der Waals surface area contributed by atoms with Crippen molar-refractivity contribution >= 4 is 0 Å². The minimum absolute atomic E-state index is 0.166. The van der Waals surface area contributed by atoms with Crippen molar-refractivity contribution < 1.29 is 18.3 Å². The summed E-state index contributed by atoms with van der Waals surface area (Å²) in [7, 11) is 2.43. The van der Waals surface area contributed by atoms with E-state index in [-0.39, 0.29) is 11.6 Å². The highest BCUT2D eigenvalue weighted by Gasteiger charge is 2.17. The Kier molecular flexibility index (Phi) is 3.06. The molecule has 0 aliphatic heterocycles. The number of hydrogen-bond acceptors (Lipinski definition) is 3. The molecule has 1 N–H and O–H groups in total. The third kappa shape index (κ3) is 1.84. The van der Waals surface area contributed by atoms with Gasteiger partial charge in [-0.1, -0.05) is 0 Å². The van der Waals surface area contributed by atoms with Gasteiger partial charge in [0, 0.05) is 6.07 Å². The Bertz CT molecular complexity index is 375. The zero-order valence-electron chi connectivity index (χ0n) is 7.64. The maximum absolute atomic E-state index is 12.4. The van der Waals surface area contributed by atoms with Gasteiger partial charge in [0.2, 0.25) is 5.88 Å². The molecule has 0 saturated heterocycles. The number of alkyl halides is 2. The van der Waals surface area contributed by atoms with Gasteiger partial charge >= 0.3 is 0 Å². The van der Waals surface area contributed by atoms with Crippen molar-refractivity contribution in [3.8, 4) is 11.6 Å². The van der Waals surface area contributed by atoms with Gasteiger partial charge in [-0.2, -0.15) is 0 Å². The fraction of sp³-hybridized carbons (Fsp3) is 0.375. The predicted octanol–water partition coefficient (Wildman–Crippen LogP) is 1.33. The van der Waals surface area contributed by atoms with Crippen LogP contribution in [0.1, 0.15) is 12.0 Å². The second-order valence-corrected chi connectivity index (χ2v) is 2.46. The molecule has 1 heterocycles. The lowest BCUT2D eigenvalue weighted by Crippen LogP contribution is -2.12. The van der Waals surface area contributed by atoms with Crippen LogP contribution in [-0.2, 0) is 0 Å². The zero-order valence-corrected chi connectivity index (χ0v) is 7.64. The van der Waals surface area contributed by atoms with Gasteiger partial charge in [-0.05, 0) is 0 Å². The van der Waals surface area contributed by atoms with Gasteiger partial charge in [-0.3, -0.25) is 9.78 Å². The van der Waals surface area contributed by atoms with Crippen LogP contribution in [0.25, 0.3) is 0 Å². The Morgan fingerprint density at radius 2 is 2.00 bits per heavy atom. The molecular formula is C8H9F2NO3. The molecule has 0 fully saturated rings. The summed E-state index contributed by atoms with van der Waals surface area (Å²) >= 11 is 0. The van der Waals surface area contributed by atoms with Gasteiger partial charge < -0.3 is 9.47 Å². The fourth-order valence-corrected chi connectivity index (χ4v) is 0.992. The second kappa shape index (κ2) is 4.08. The maximum atomic E-state index is 12.4. The van der Waals surface area contributed by atoms with Crippen LogP contribution in [0, 0.1) is 0 Å². The van der Waals surface area contributed by atoms with Gasteiger partial charge in [0.05, 0.1) is 19.8 Å².